The number of aromatic nitrogens is 3. The summed E-state index contributed by atoms with van der Waals surface area (Å²) in [5.74, 6) is 0. The van der Waals surface area contributed by atoms with Gasteiger partial charge in [0, 0.05) is 48.7 Å². The number of likely N-dealkylation sites (tertiary alicyclic amines) is 1. The van der Waals surface area contributed by atoms with Gasteiger partial charge in [-0.05, 0) is 26.3 Å². The average Bonchev–Trinajstić information content (AvgIpc) is 2.87. The predicted octanol–water partition coefficient (Wildman–Crippen LogP) is 1.81. The average molecular weight is 270 g/mol. The third-order valence-corrected chi connectivity index (χ3v) is 3.70. The van der Waals surface area contributed by atoms with Gasteiger partial charge in [0.15, 0.2) is 5.43 Å². The highest BCUT2D eigenvalue weighted by Gasteiger charge is 2.27. The molecule has 1 saturated heterocycles. The minimum absolute atomic E-state index is 0.0719. The molecule has 1 unspecified atom stereocenters. The van der Waals surface area contributed by atoms with Crippen LogP contribution in [0.4, 0.5) is 0 Å². The van der Waals surface area contributed by atoms with Crippen LogP contribution in [-0.2, 0) is 6.54 Å². The van der Waals surface area contributed by atoms with Gasteiger partial charge in [0.05, 0.1) is 11.7 Å². The van der Waals surface area contributed by atoms with E-state index in [2.05, 4.69) is 19.9 Å². The lowest BCUT2D eigenvalue weighted by Gasteiger charge is -2.24. The second-order valence-corrected chi connectivity index (χ2v) is 5.28. The summed E-state index contributed by atoms with van der Waals surface area (Å²) in [6.45, 7) is 3.72. The quantitative estimate of drug-likeness (QED) is 0.924. The zero-order chi connectivity index (χ0) is 13.9. The van der Waals surface area contributed by atoms with E-state index < -0.39 is 0 Å². The molecular formula is C15H18N4O. The van der Waals surface area contributed by atoms with E-state index in [1.165, 1.54) is 0 Å². The standard InChI is InChI=1S/C15H18N4O/c1-11-7-13(20)8-14(18-11)15-3-2-6-19(15)10-12-9-16-4-5-17-12/h4-5,7-9,15H,2-3,6,10H2,1H3,(H,18,20). The summed E-state index contributed by atoms with van der Waals surface area (Å²) < 4.78 is 0. The minimum Gasteiger partial charge on any atom is -0.361 e. The second-order valence-electron chi connectivity index (χ2n) is 5.28. The molecule has 1 fully saturated rings. The van der Waals surface area contributed by atoms with E-state index in [1.807, 2.05) is 6.92 Å². The lowest BCUT2D eigenvalue weighted by atomic mass is 10.1. The van der Waals surface area contributed by atoms with Gasteiger partial charge in [-0.2, -0.15) is 0 Å². The zero-order valence-electron chi connectivity index (χ0n) is 11.5. The number of rotatable bonds is 3. The fraction of sp³-hybridized carbons (Fsp3) is 0.400. The molecule has 5 heteroatoms. The second kappa shape index (κ2) is 5.54. The Hall–Kier alpha value is -2.01. The molecule has 104 valence electrons. The molecule has 2 aromatic heterocycles. The van der Waals surface area contributed by atoms with Gasteiger partial charge in [-0.25, -0.2) is 0 Å². The lowest BCUT2D eigenvalue weighted by Crippen LogP contribution is -2.25. The third-order valence-electron chi connectivity index (χ3n) is 3.70. The summed E-state index contributed by atoms with van der Waals surface area (Å²) in [5.41, 5.74) is 2.97. The first-order valence-electron chi connectivity index (χ1n) is 6.92. The van der Waals surface area contributed by atoms with Crippen LogP contribution in [0.3, 0.4) is 0 Å². The maximum absolute atomic E-state index is 11.7. The number of aryl methyl sites for hydroxylation is 1. The molecule has 20 heavy (non-hydrogen) atoms. The fourth-order valence-corrected chi connectivity index (χ4v) is 2.87. The Balaban J connectivity index is 1.83. The molecule has 3 heterocycles. The number of aromatic amines is 1. The van der Waals surface area contributed by atoms with E-state index in [-0.39, 0.29) is 11.5 Å². The monoisotopic (exact) mass is 270 g/mol. The van der Waals surface area contributed by atoms with Crippen molar-refractivity contribution in [1.82, 2.24) is 19.9 Å². The number of pyridine rings is 1. The van der Waals surface area contributed by atoms with Crippen molar-refractivity contribution in [2.45, 2.75) is 32.4 Å². The Bertz CT molecular complexity index is 638. The molecule has 1 atom stereocenters. The molecule has 0 aliphatic carbocycles. The number of hydrogen-bond acceptors (Lipinski definition) is 4. The highest BCUT2D eigenvalue weighted by molar-refractivity contribution is 5.15. The molecule has 1 N–H and O–H groups in total. The van der Waals surface area contributed by atoms with Gasteiger partial charge in [0.25, 0.3) is 0 Å². The predicted molar refractivity (Wildman–Crippen MR) is 76.2 cm³/mol. The SMILES string of the molecule is Cc1cc(=O)cc(C2CCCN2Cc2cnccn2)[nH]1. The van der Waals surface area contributed by atoms with Crippen LogP contribution in [0.2, 0.25) is 0 Å². The van der Waals surface area contributed by atoms with Gasteiger partial charge in [-0.15, -0.1) is 0 Å². The van der Waals surface area contributed by atoms with Crippen LogP contribution in [-0.4, -0.2) is 26.4 Å². The van der Waals surface area contributed by atoms with Crippen LogP contribution < -0.4 is 5.43 Å². The van der Waals surface area contributed by atoms with Crippen LogP contribution in [0.5, 0.6) is 0 Å². The molecule has 0 bridgehead atoms. The lowest BCUT2D eigenvalue weighted by molar-refractivity contribution is 0.241. The number of nitrogens with one attached hydrogen (secondary N) is 1. The van der Waals surface area contributed by atoms with Gasteiger partial charge in [0.1, 0.15) is 0 Å². The first-order chi connectivity index (χ1) is 9.72. The van der Waals surface area contributed by atoms with E-state index in [1.54, 1.807) is 30.7 Å². The van der Waals surface area contributed by atoms with Crippen molar-refractivity contribution in [1.29, 1.82) is 0 Å². The molecule has 0 aromatic carbocycles. The zero-order valence-corrected chi connectivity index (χ0v) is 11.5. The van der Waals surface area contributed by atoms with Crippen molar-refractivity contribution >= 4 is 0 Å². The third kappa shape index (κ3) is 2.77. The Labute approximate surface area is 117 Å². The molecule has 1 aliphatic heterocycles. The highest BCUT2D eigenvalue weighted by Crippen LogP contribution is 2.31. The summed E-state index contributed by atoms with van der Waals surface area (Å²) in [6.07, 6.45) is 7.41. The van der Waals surface area contributed by atoms with E-state index in [0.29, 0.717) is 0 Å². The Kier molecular flexibility index (Phi) is 3.60. The summed E-state index contributed by atoms with van der Waals surface area (Å²) >= 11 is 0. The van der Waals surface area contributed by atoms with Crippen molar-refractivity contribution in [3.05, 3.63) is 58.0 Å². The first kappa shape index (κ1) is 13.0. The molecular weight excluding hydrogens is 252 g/mol. The van der Waals surface area contributed by atoms with Crippen LogP contribution in [0.1, 0.15) is 36.0 Å². The van der Waals surface area contributed by atoms with Crippen LogP contribution in [0, 0.1) is 6.92 Å². The molecule has 0 amide bonds. The van der Waals surface area contributed by atoms with Crippen molar-refractivity contribution in [2.24, 2.45) is 0 Å². The Morgan fingerprint density at radius 1 is 1.40 bits per heavy atom. The normalized spacial score (nSPS) is 19.4. The minimum atomic E-state index is 0.0719. The van der Waals surface area contributed by atoms with Crippen molar-refractivity contribution in [2.75, 3.05) is 6.54 Å². The van der Waals surface area contributed by atoms with Crippen LogP contribution in [0.15, 0.2) is 35.5 Å². The van der Waals surface area contributed by atoms with E-state index in [4.69, 9.17) is 0 Å². The molecule has 0 spiro atoms. The first-order valence-corrected chi connectivity index (χ1v) is 6.92. The van der Waals surface area contributed by atoms with Gasteiger partial charge >= 0.3 is 0 Å². The molecule has 5 nitrogen and oxygen atoms in total. The fourth-order valence-electron chi connectivity index (χ4n) is 2.87. The van der Waals surface area contributed by atoms with Gasteiger partial charge in [-0.1, -0.05) is 0 Å². The highest BCUT2D eigenvalue weighted by atomic mass is 16.1. The van der Waals surface area contributed by atoms with Crippen LogP contribution >= 0.6 is 0 Å². The number of H-pyrrole nitrogens is 1. The van der Waals surface area contributed by atoms with Crippen molar-refractivity contribution in [3.63, 3.8) is 0 Å². The largest absolute Gasteiger partial charge is 0.361 e. The summed E-state index contributed by atoms with van der Waals surface area (Å²) in [6, 6.07) is 3.61. The Morgan fingerprint density at radius 3 is 3.05 bits per heavy atom. The number of hydrogen-bond donors (Lipinski definition) is 1. The molecule has 0 saturated carbocycles. The van der Waals surface area contributed by atoms with Gasteiger partial charge in [0.2, 0.25) is 0 Å². The summed E-state index contributed by atoms with van der Waals surface area (Å²) in [5, 5.41) is 0. The maximum Gasteiger partial charge on any atom is 0.182 e. The summed E-state index contributed by atoms with van der Waals surface area (Å²) in [7, 11) is 0. The maximum atomic E-state index is 11.7. The summed E-state index contributed by atoms with van der Waals surface area (Å²) in [4.78, 5) is 25.8. The topological polar surface area (TPSA) is 61.9 Å². The van der Waals surface area contributed by atoms with Crippen molar-refractivity contribution < 1.29 is 0 Å². The molecule has 2 aromatic rings. The van der Waals surface area contributed by atoms with Crippen molar-refractivity contribution in [3.8, 4) is 0 Å². The molecule has 0 radical (unpaired) electrons. The number of nitrogens with zero attached hydrogens (tertiary/aromatic N) is 3. The smallest absolute Gasteiger partial charge is 0.182 e. The Morgan fingerprint density at radius 2 is 2.30 bits per heavy atom. The van der Waals surface area contributed by atoms with E-state index in [0.717, 1.165) is 43.0 Å². The molecule has 3 rings (SSSR count). The van der Waals surface area contributed by atoms with Crippen LogP contribution in [0.25, 0.3) is 0 Å². The van der Waals surface area contributed by atoms with E-state index >= 15 is 0 Å². The van der Waals surface area contributed by atoms with E-state index in [9.17, 15) is 4.79 Å². The molecule has 1 aliphatic rings. The van der Waals surface area contributed by atoms with Gasteiger partial charge in [-0.3, -0.25) is 19.7 Å². The van der Waals surface area contributed by atoms with Gasteiger partial charge < -0.3 is 4.98 Å².